The van der Waals surface area contributed by atoms with E-state index in [9.17, 15) is 9.59 Å². The topological polar surface area (TPSA) is 81.4 Å². The Hall–Kier alpha value is -1.10. The molecule has 0 heterocycles. The monoisotopic (exact) mass is 188 g/mol. The standard InChI is InChI=1S/C8H16N2O3/c1-10-7(11)5-6(9)3-4-8(12)13-2/h6H,3-5,9H2,1-2H3,(H,10,11). The van der Waals surface area contributed by atoms with E-state index in [0.717, 1.165) is 0 Å². The van der Waals surface area contributed by atoms with Crippen LogP contribution in [0, 0.1) is 0 Å². The lowest BCUT2D eigenvalue weighted by Gasteiger charge is -2.08. The van der Waals surface area contributed by atoms with Gasteiger partial charge in [0.1, 0.15) is 0 Å². The van der Waals surface area contributed by atoms with Gasteiger partial charge in [0.15, 0.2) is 0 Å². The van der Waals surface area contributed by atoms with Gasteiger partial charge in [-0.15, -0.1) is 0 Å². The van der Waals surface area contributed by atoms with Crippen molar-refractivity contribution in [3.05, 3.63) is 0 Å². The first-order valence-electron chi connectivity index (χ1n) is 4.13. The molecule has 0 bridgehead atoms. The zero-order valence-corrected chi connectivity index (χ0v) is 8.00. The Balaban J connectivity index is 3.56. The number of rotatable bonds is 5. The van der Waals surface area contributed by atoms with Gasteiger partial charge >= 0.3 is 5.97 Å². The predicted octanol–water partition coefficient (Wildman–Crippen LogP) is -0.597. The van der Waals surface area contributed by atoms with Gasteiger partial charge in [0, 0.05) is 25.9 Å². The Kier molecular flexibility index (Phi) is 5.88. The molecule has 1 atom stereocenters. The molecule has 0 saturated carbocycles. The van der Waals surface area contributed by atoms with Crippen LogP contribution in [-0.4, -0.2) is 32.1 Å². The quantitative estimate of drug-likeness (QED) is 0.565. The summed E-state index contributed by atoms with van der Waals surface area (Å²) < 4.78 is 4.44. The van der Waals surface area contributed by atoms with E-state index in [0.29, 0.717) is 6.42 Å². The Labute approximate surface area is 77.6 Å². The molecule has 1 unspecified atom stereocenters. The van der Waals surface area contributed by atoms with Crippen molar-refractivity contribution in [2.45, 2.75) is 25.3 Å². The highest BCUT2D eigenvalue weighted by molar-refractivity contribution is 5.76. The van der Waals surface area contributed by atoms with E-state index in [1.807, 2.05) is 0 Å². The van der Waals surface area contributed by atoms with Crippen molar-refractivity contribution in [3.8, 4) is 0 Å². The molecular weight excluding hydrogens is 172 g/mol. The average Bonchev–Trinajstić information content (AvgIpc) is 2.13. The van der Waals surface area contributed by atoms with Gasteiger partial charge in [-0.3, -0.25) is 9.59 Å². The molecule has 0 aliphatic carbocycles. The van der Waals surface area contributed by atoms with E-state index in [1.54, 1.807) is 7.05 Å². The molecule has 0 rings (SSSR count). The fourth-order valence-electron chi connectivity index (χ4n) is 0.848. The zero-order valence-electron chi connectivity index (χ0n) is 8.00. The molecule has 0 fully saturated rings. The van der Waals surface area contributed by atoms with Crippen LogP contribution in [0.2, 0.25) is 0 Å². The third-order valence-electron chi connectivity index (χ3n) is 1.67. The van der Waals surface area contributed by atoms with Crippen LogP contribution < -0.4 is 11.1 Å². The van der Waals surface area contributed by atoms with E-state index >= 15 is 0 Å². The minimum absolute atomic E-state index is 0.114. The van der Waals surface area contributed by atoms with Crippen molar-refractivity contribution < 1.29 is 14.3 Å². The van der Waals surface area contributed by atoms with Gasteiger partial charge < -0.3 is 15.8 Å². The molecule has 0 aromatic carbocycles. The molecule has 0 saturated heterocycles. The summed E-state index contributed by atoms with van der Waals surface area (Å²) in [4.78, 5) is 21.5. The maximum atomic E-state index is 10.8. The van der Waals surface area contributed by atoms with Gasteiger partial charge in [0.2, 0.25) is 5.91 Å². The van der Waals surface area contributed by atoms with Crippen LogP contribution in [0.5, 0.6) is 0 Å². The molecule has 76 valence electrons. The van der Waals surface area contributed by atoms with Crippen LogP contribution in [0.1, 0.15) is 19.3 Å². The smallest absolute Gasteiger partial charge is 0.305 e. The first-order chi connectivity index (χ1) is 6.10. The number of methoxy groups -OCH3 is 1. The number of hydrogen-bond donors (Lipinski definition) is 2. The summed E-state index contributed by atoms with van der Waals surface area (Å²) in [5.41, 5.74) is 5.58. The second kappa shape index (κ2) is 6.42. The van der Waals surface area contributed by atoms with Crippen molar-refractivity contribution in [3.63, 3.8) is 0 Å². The SMILES string of the molecule is CNC(=O)CC(N)CCC(=O)OC. The van der Waals surface area contributed by atoms with Crippen LogP contribution in [0.3, 0.4) is 0 Å². The second-order valence-electron chi connectivity index (χ2n) is 2.75. The Morgan fingerprint density at radius 3 is 2.62 bits per heavy atom. The fraction of sp³-hybridized carbons (Fsp3) is 0.750. The van der Waals surface area contributed by atoms with Gasteiger partial charge in [-0.2, -0.15) is 0 Å². The molecular formula is C8H16N2O3. The van der Waals surface area contributed by atoms with Gasteiger partial charge in [0.25, 0.3) is 0 Å². The van der Waals surface area contributed by atoms with Crippen LogP contribution in [-0.2, 0) is 14.3 Å². The number of carbonyl (C=O) groups excluding carboxylic acids is 2. The highest BCUT2D eigenvalue weighted by atomic mass is 16.5. The summed E-state index contributed by atoms with van der Waals surface area (Å²) in [6.45, 7) is 0. The second-order valence-corrected chi connectivity index (χ2v) is 2.75. The summed E-state index contributed by atoms with van der Waals surface area (Å²) in [5, 5.41) is 2.46. The highest BCUT2D eigenvalue weighted by Crippen LogP contribution is 1.99. The van der Waals surface area contributed by atoms with Crippen LogP contribution in [0.25, 0.3) is 0 Å². The van der Waals surface area contributed by atoms with Crippen molar-refractivity contribution in [1.82, 2.24) is 5.32 Å². The first-order valence-corrected chi connectivity index (χ1v) is 4.13. The van der Waals surface area contributed by atoms with E-state index in [-0.39, 0.29) is 30.8 Å². The summed E-state index contributed by atoms with van der Waals surface area (Å²) in [6, 6.07) is -0.279. The Morgan fingerprint density at radius 2 is 2.15 bits per heavy atom. The molecule has 13 heavy (non-hydrogen) atoms. The molecule has 0 aliphatic rings. The van der Waals surface area contributed by atoms with E-state index < -0.39 is 0 Å². The van der Waals surface area contributed by atoms with Crippen molar-refractivity contribution >= 4 is 11.9 Å². The largest absolute Gasteiger partial charge is 0.469 e. The Morgan fingerprint density at radius 1 is 1.54 bits per heavy atom. The van der Waals surface area contributed by atoms with Gasteiger partial charge in [0.05, 0.1) is 7.11 Å². The maximum absolute atomic E-state index is 10.8. The van der Waals surface area contributed by atoms with E-state index in [2.05, 4.69) is 10.1 Å². The lowest BCUT2D eigenvalue weighted by Crippen LogP contribution is -2.30. The lowest BCUT2D eigenvalue weighted by molar-refractivity contribution is -0.141. The minimum Gasteiger partial charge on any atom is -0.469 e. The molecule has 0 aromatic rings. The summed E-state index contributed by atoms with van der Waals surface area (Å²) in [5.74, 6) is -0.412. The summed E-state index contributed by atoms with van der Waals surface area (Å²) in [7, 11) is 2.88. The number of amides is 1. The van der Waals surface area contributed by atoms with E-state index in [4.69, 9.17) is 5.73 Å². The average molecular weight is 188 g/mol. The number of hydrogen-bond acceptors (Lipinski definition) is 4. The van der Waals surface area contributed by atoms with Crippen molar-refractivity contribution in [2.24, 2.45) is 5.73 Å². The number of nitrogens with one attached hydrogen (secondary N) is 1. The molecule has 0 aromatic heterocycles. The minimum atomic E-state index is -0.299. The van der Waals surface area contributed by atoms with Crippen LogP contribution >= 0.6 is 0 Å². The van der Waals surface area contributed by atoms with Crippen molar-refractivity contribution in [1.29, 1.82) is 0 Å². The Bertz CT molecular complexity index is 182. The van der Waals surface area contributed by atoms with Crippen LogP contribution in [0.15, 0.2) is 0 Å². The molecule has 0 radical (unpaired) electrons. The van der Waals surface area contributed by atoms with Crippen LogP contribution in [0.4, 0.5) is 0 Å². The molecule has 3 N–H and O–H groups in total. The highest BCUT2D eigenvalue weighted by Gasteiger charge is 2.10. The normalized spacial score (nSPS) is 11.9. The van der Waals surface area contributed by atoms with Gasteiger partial charge in [-0.1, -0.05) is 0 Å². The third kappa shape index (κ3) is 6.10. The molecule has 5 heteroatoms. The zero-order chi connectivity index (χ0) is 10.3. The number of nitrogens with two attached hydrogens (primary N) is 1. The summed E-state index contributed by atoms with van der Waals surface area (Å²) >= 11 is 0. The number of ether oxygens (including phenoxy) is 1. The number of esters is 1. The van der Waals surface area contributed by atoms with Gasteiger partial charge in [-0.05, 0) is 6.42 Å². The van der Waals surface area contributed by atoms with E-state index in [1.165, 1.54) is 7.11 Å². The molecule has 0 spiro atoms. The molecule has 0 aliphatic heterocycles. The fourth-order valence-corrected chi connectivity index (χ4v) is 0.848. The molecule has 5 nitrogen and oxygen atoms in total. The number of carbonyl (C=O) groups is 2. The first kappa shape index (κ1) is 11.9. The maximum Gasteiger partial charge on any atom is 0.305 e. The predicted molar refractivity (Wildman–Crippen MR) is 47.9 cm³/mol. The molecule has 1 amide bonds. The third-order valence-corrected chi connectivity index (χ3v) is 1.67. The summed E-state index contributed by atoms with van der Waals surface area (Å²) in [6.07, 6.45) is 0.974. The van der Waals surface area contributed by atoms with Gasteiger partial charge in [-0.25, -0.2) is 0 Å². The lowest BCUT2D eigenvalue weighted by atomic mass is 10.1. The van der Waals surface area contributed by atoms with Crippen molar-refractivity contribution in [2.75, 3.05) is 14.2 Å².